The molecule has 2 aromatic rings. The standard InChI is InChI=1S/C18H24N4O/c23-18(13-5-4-9-19-12-13)20-14-7-8-16-15(11-14)21-17-6-2-1-3-10-22(16)17/h7-8,11,13,19H,1-6,9-10,12H2,(H,20,23)/t13-/m1/s1. The Hall–Kier alpha value is -1.88. The van der Waals surface area contributed by atoms with Crippen molar-refractivity contribution in [1.82, 2.24) is 14.9 Å². The third kappa shape index (κ3) is 2.98. The number of benzene rings is 1. The zero-order chi connectivity index (χ0) is 15.6. The molecule has 5 nitrogen and oxygen atoms in total. The first-order valence-corrected chi connectivity index (χ1v) is 8.82. The third-order valence-electron chi connectivity index (χ3n) is 5.04. The summed E-state index contributed by atoms with van der Waals surface area (Å²) in [5, 5.41) is 6.36. The molecule has 4 rings (SSSR count). The normalized spacial score (nSPS) is 21.7. The van der Waals surface area contributed by atoms with E-state index in [0.29, 0.717) is 0 Å². The van der Waals surface area contributed by atoms with Crippen LogP contribution in [0.15, 0.2) is 18.2 Å². The number of anilines is 1. The molecule has 1 saturated heterocycles. The van der Waals surface area contributed by atoms with Crippen LogP contribution < -0.4 is 10.6 Å². The van der Waals surface area contributed by atoms with Crippen molar-refractivity contribution in [2.75, 3.05) is 18.4 Å². The van der Waals surface area contributed by atoms with Gasteiger partial charge in [-0.05, 0) is 50.4 Å². The summed E-state index contributed by atoms with van der Waals surface area (Å²) in [6.07, 6.45) is 6.84. The van der Waals surface area contributed by atoms with Gasteiger partial charge in [0, 0.05) is 25.2 Å². The highest BCUT2D eigenvalue weighted by atomic mass is 16.1. The first-order valence-electron chi connectivity index (χ1n) is 8.82. The molecule has 0 spiro atoms. The molecule has 122 valence electrons. The quantitative estimate of drug-likeness (QED) is 0.896. The Kier molecular flexibility index (Phi) is 4.04. The van der Waals surface area contributed by atoms with Gasteiger partial charge < -0.3 is 15.2 Å². The fourth-order valence-electron chi connectivity index (χ4n) is 3.75. The molecule has 1 aromatic carbocycles. The predicted octanol–water partition coefficient (Wildman–Crippen LogP) is 2.70. The highest BCUT2D eigenvalue weighted by Crippen LogP contribution is 2.25. The minimum Gasteiger partial charge on any atom is -0.328 e. The van der Waals surface area contributed by atoms with Crippen molar-refractivity contribution in [2.24, 2.45) is 5.92 Å². The highest BCUT2D eigenvalue weighted by molar-refractivity contribution is 5.94. The molecule has 2 aliphatic heterocycles. The van der Waals surface area contributed by atoms with E-state index in [2.05, 4.69) is 21.3 Å². The molecule has 1 aromatic heterocycles. The van der Waals surface area contributed by atoms with E-state index >= 15 is 0 Å². The number of hydrogen-bond donors (Lipinski definition) is 2. The Bertz CT molecular complexity index is 715. The number of aryl methyl sites for hydroxylation is 2. The second kappa shape index (κ2) is 6.32. The van der Waals surface area contributed by atoms with Crippen molar-refractivity contribution < 1.29 is 4.79 Å². The number of imidazole rings is 1. The average Bonchev–Trinajstić information content (AvgIpc) is 2.76. The van der Waals surface area contributed by atoms with Gasteiger partial charge in [-0.25, -0.2) is 4.98 Å². The van der Waals surface area contributed by atoms with E-state index in [1.165, 1.54) is 30.6 Å². The van der Waals surface area contributed by atoms with Crippen molar-refractivity contribution in [1.29, 1.82) is 0 Å². The Labute approximate surface area is 136 Å². The Balaban J connectivity index is 1.55. The largest absolute Gasteiger partial charge is 0.328 e. The van der Waals surface area contributed by atoms with Gasteiger partial charge in [-0.1, -0.05) is 6.42 Å². The molecule has 0 bridgehead atoms. The molecule has 0 unspecified atom stereocenters. The van der Waals surface area contributed by atoms with Crippen LogP contribution in [0, 0.1) is 5.92 Å². The van der Waals surface area contributed by atoms with Crippen LogP contribution in [0.4, 0.5) is 5.69 Å². The number of nitrogens with zero attached hydrogens (tertiary/aromatic N) is 2. The van der Waals surface area contributed by atoms with Crippen molar-refractivity contribution >= 4 is 22.6 Å². The molecule has 1 fully saturated rings. The van der Waals surface area contributed by atoms with E-state index < -0.39 is 0 Å². The lowest BCUT2D eigenvalue weighted by molar-refractivity contribution is -0.120. The maximum atomic E-state index is 12.4. The summed E-state index contributed by atoms with van der Waals surface area (Å²) in [4.78, 5) is 17.2. The van der Waals surface area contributed by atoms with Crippen LogP contribution in [0.3, 0.4) is 0 Å². The van der Waals surface area contributed by atoms with E-state index in [-0.39, 0.29) is 11.8 Å². The Morgan fingerprint density at radius 2 is 2.22 bits per heavy atom. The summed E-state index contributed by atoms with van der Waals surface area (Å²) in [6, 6.07) is 6.13. The molecule has 0 radical (unpaired) electrons. The van der Waals surface area contributed by atoms with Crippen LogP contribution in [-0.2, 0) is 17.8 Å². The number of piperidine rings is 1. The van der Waals surface area contributed by atoms with E-state index in [9.17, 15) is 4.79 Å². The van der Waals surface area contributed by atoms with Gasteiger partial charge in [0.15, 0.2) is 0 Å². The summed E-state index contributed by atoms with van der Waals surface area (Å²) in [7, 11) is 0. The van der Waals surface area contributed by atoms with Crippen LogP contribution in [0.25, 0.3) is 11.0 Å². The number of hydrogen-bond acceptors (Lipinski definition) is 3. The fraction of sp³-hybridized carbons (Fsp3) is 0.556. The van der Waals surface area contributed by atoms with Crippen LogP contribution in [-0.4, -0.2) is 28.5 Å². The minimum atomic E-state index is 0.0816. The smallest absolute Gasteiger partial charge is 0.228 e. The van der Waals surface area contributed by atoms with Crippen molar-refractivity contribution in [3.8, 4) is 0 Å². The van der Waals surface area contributed by atoms with E-state index in [1.807, 2.05) is 12.1 Å². The number of fused-ring (bicyclic) bond motifs is 3. The summed E-state index contributed by atoms with van der Waals surface area (Å²) in [5.74, 6) is 1.40. The van der Waals surface area contributed by atoms with Crippen molar-refractivity contribution in [2.45, 2.75) is 45.1 Å². The first kappa shape index (κ1) is 14.7. The van der Waals surface area contributed by atoms with Gasteiger partial charge in [-0.15, -0.1) is 0 Å². The molecule has 5 heteroatoms. The highest BCUT2D eigenvalue weighted by Gasteiger charge is 2.21. The monoisotopic (exact) mass is 312 g/mol. The maximum absolute atomic E-state index is 12.4. The number of carbonyl (C=O) groups excluding carboxylic acids is 1. The van der Waals surface area contributed by atoms with Gasteiger partial charge in [0.2, 0.25) is 5.91 Å². The van der Waals surface area contributed by atoms with Gasteiger partial charge in [-0.2, -0.15) is 0 Å². The number of aromatic nitrogens is 2. The fourth-order valence-corrected chi connectivity index (χ4v) is 3.75. The summed E-state index contributed by atoms with van der Waals surface area (Å²) in [6.45, 7) is 2.87. The van der Waals surface area contributed by atoms with E-state index in [0.717, 1.165) is 50.1 Å². The molecule has 1 amide bonds. The average molecular weight is 312 g/mol. The summed E-state index contributed by atoms with van der Waals surface area (Å²) in [5.41, 5.74) is 3.06. The predicted molar refractivity (Wildman–Crippen MR) is 91.5 cm³/mol. The molecule has 23 heavy (non-hydrogen) atoms. The van der Waals surface area contributed by atoms with E-state index in [1.54, 1.807) is 0 Å². The Morgan fingerprint density at radius 1 is 1.26 bits per heavy atom. The number of rotatable bonds is 2. The molecule has 2 N–H and O–H groups in total. The Morgan fingerprint density at radius 3 is 3.09 bits per heavy atom. The topological polar surface area (TPSA) is 59.0 Å². The molecule has 0 saturated carbocycles. The first-order chi connectivity index (χ1) is 11.3. The molecular formula is C18H24N4O. The number of carbonyl (C=O) groups is 1. The molecule has 2 aliphatic rings. The van der Waals surface area contributed by atoms with Crippen LogP contribution >= 0.6 is 0 Å². The van der Waals surface area contributed by atoms with Crippen molar-refractivity contribution in [3.63, 3.8) is 0 Å². The van der Waals surface area contributed by atoms with Crippen LogP contribution in [0.5, 0.6) is 0 Å². The lowest BCUT2D eigenvalue weighted by Crippen LogP contribution is -2.37. The van der Waals surface area contributed by atoms with Crippen molar-refractivity contribution in [3.05, 3.63) is 24.0 Å². The van der Waals surface area contributed by atoms with Gasteiger partial charge in [-0.3, -0.25) is 4.79 Å². The lowest BCUT2D eigenvalue weighted by atomic mass is 9.99. The SMILES string of the molecule is O=C(Nc1ccc2c(c1)nc1n2CCCCC1)[C@@H]1CCCNC1. The van der Waals surface area contributed by atoms with Crippen LogP contribution in [0.2, 0.25) is 0 Å². The molecule has 0 aliphatic carbocycles. The van der Waals surface area contributed by atoms with Gasteiger partial charge in [0.25, 0.3) is 0 Å². The summed E-state index contributed by atoms with van der Waals surface area (Å²) < 4.78 is 2.35. The van der Waals surface area contributed by atoms with Gasteiger partial charge in [0.05, 0.1) is 17.0 Å². The number of amides is 1. The van der Waals surface area contributed by atoms with E-state index in [4.69, 9.17) is 4.98 Å². The van der Waals surface area contributed by atoms with Crippen LogP contribution in [0.1, 0.15) is 37.9 Å². The molecular weight excluding hydrogens is 288 g/mol. The lowest BCUT2D eigenvalue weighted by Gasteiger charge is -2.21. The minimum absolute atomic E-state index is 0.0816. The zero-order valence-corrected chi connectivity index (χ0v) is 13.5. The molecule has 1 atom stereocenters. The van der Waals surface area contributed by atoms with Gasteiger partial charge >= 0.3 is 0 Å². The summed E-state index contributed by atoms with van der Waals surface area (Å²) >= 11 is 0. The van der Waals surface area contributed by atoms with Gasteiger partial charge in [0.1, 0.15) is 5.82 Å². The maximum Gasteiger partial charge on any atom is 0.228 e. The molecule has 3 heterocycles. The number of nitrogens with one attached hydrogen (secondary N) is 2. The third-order valence-corrected chi connectivity index (χ3v) is 5.04. The second-order valence-corrected chi connectivity index (χ2v) is 6.73. The zero-order valence-electron chi connectivity index (χ0n) is 13.5. The second-order valence-electron chi connectivity index (χ2n) is 6.73.